The molecule has 2 fully saturated rings. The summed E-state index contributed by atoms with van der Waals surface area (Å²) in [6.45, 7) is 4.95. The van der Waals surface area contributed by atoms with E-state index in [0.29, 0.717) is 50.7 Å². The van der Waals surface area contributed by atoms with Gasteiger partial charge in [-0.05, 0) is 100.0 Å². The molecule has 0 spiro atoms. The topological polar surface area (TPSA) is 117 Å². The number of benzene rings is 1. The van der Waals surface area contributed by atoms with Crippen molar-refractivity contribution < 1.29 is 32.6 Å². The van der Waals surface area contributed by atoms with Crippen molar-refractivity contribution in [3.63, 3.8) is 0 Å². The van der Waals surface area contributed by atoms with E-state index in [4.69, 9.17) is 9.15 Å². The number of carbonyl (C=O) groups excluding carboxylic acids is 1. The summed E-state index contributed by atoms with van der Waals surface area (Å²) in [6.07, 6.45) is 9.98. The molecule has 1 aliphatic heterocycles. The van der Waals surface area contributed by atoms with Crippen LogP contribution in [0.1, 0.15) is 98.4 Å². The number of ether oxygens (including phenoxy) is 1. The maximum Gasteiger partial charge on any atom is 0.228 e. The van der Waals surface area contributed by atoms with Crippen LogP contribution in [0.25, 0.3) is 0 Å². The fourth-order valence-corrected chi connectivity index (χ4v) is 8.25. The van der Waals surface area contributed by atoms with Crippen LogP contribution in [0.3, 0.4) is 0 Å². The lowest BCUT2D eigenvalue weighted by atomic mass is 9.65. The summed E-state index contributed by atoms with van der Waals surface area (Å²) >= 11 is 0. The van der Waals surface area contributed by atoms with Crippen LogP contribution in [0.15, 0.2) is 52.7 Å². The van der Waals surface area contributed by atoms with Gasteiger partial charge in [0.15, 0.2) is 5.76 Å². The third-order valence-electron chi connectivity index (χ3n) is 10.00. The van der Waals surface area contributed by atoms with Crippen molar-refractivity contribution in [1.29, 1.82) is 0 Å². The second-order valence-corrected chi connectivity index (χ2v) is 14.9. The second kappa shape index (κ2) is 12.4. The molecule has 3 aliphatic carbocycles. The highest BCUT2D eigenvalue weighted by Crippen LogP contribution is 2.59. The Morgan fingerprint density at radius 3 is 2.67 bits per heavy atom. The Morgan fingerprint density at radius 2 is 1.98 bits per heavy atom. The zero-order valence-electron chi connectivity index (χ0n) is 25.0. The molecule has 2 heterocycles. The van der Waals surface area contributed by atoms with Gasteiger partial charge in [-0.1, -0.05) is 30.7 Å². The smallest absolute Gasteiger partial charge is 0.228 e. The van der Waals surface area contributed by atoms with Gasteiger partial charge < -0.3 is 19.4 Å². The molecule has 9 heteroatoms. The van der Waals surface area contributed by atoms with Gasteiger partial charge in [0.1, 0.15) is 0 Å². The summed E-state index contributed by atoms with van der Waals surface area (Å²) in [5.74, 6) is -0.192. The third-order valence-corrected chi connectivity index (χ3v) is 11.2. The van der Waals surface area contributed by atoms with Gasteiger partial charge in [0, 0.05) is 30.7 Å². The zero-order valence-corrected chi connectivity index (χ0v) is 25.9. The number of aliphatic hydroxyl groups is 2. The standard InChI is InChI=1S/C33H45NO7S/c1-23-7-4-15-32(2)29(14-16-33(32,37)22-34(42(3,38)39)21-26-8-5-17-40-26)27-13-11-24(19-25(35)12-10-23)20-28(27)31(36)30-9-6-18-41-30/h6-7,9,11,13,18,20,25-26,29,35,37H,4-5,8,10,12,14-17,19,21-22H2,1-3H3/t25-,26+,29-,32-,33+/m0/s1. The van der Waals surface area contributed by atoms with Gasteiger partial charge in [-0.2, -0.15) is 4.31 Å². The second-order valence-electron chi connectivity index (χ2n) is 12.9. The number of allylic oxidation sites excluding steroid dienone is 2. The van der Waals surface area contributed by atoms with Crippen molar-refractivity contribution in [2.45, 2.75) is 95.4 Å². The first-order valence-corrected chi connectivity index (χ1v) is 17.1. The zero-order chi connectivity index (χ0) is 30.1. The highest BCUT2D eigenvalue weighted by molar-refractivity contribution is 7.88. The lowest BCUT2D eigenvalue weighted by molar-refractivity contribution is -0.0753. The summed E-state index contributed by atoms with van der Waals surface area (Å²) in [5, 5.41) is 23.3. The minimum atomic E-state index is -3.61. The molecule has 2 bridgehead atoms. The van der Waals surface area contributed by atoms with E-state index in [0.717, 1.165) is 30.4 Å². The first kappa shape index (κ1) is 31.1. The Bertz CT molecular complexity index is 1400. The molecule has 4 aliphatic rings. The molecule has 2 aromatic rings. The van der Waals surface area contributed by atoms with E-state index in [2.05, 4.69) is 19.9 Å². The lowest BCUT2D eigenvalue weighted by Gasteiger charge is -2.46. The van der Waals surface area contributed by atoms with Gasteiger partial charge in [0.05, 0.1) is 30.3 Å². The number of fused-ring (bicyclic) bond motifs is 8. The number of nitrogens with zero attached hydrogens (tertiary/aromatic N) is 1. The summed E-state index contributed by atoms with van der Waals surface area (Å²) < 4.78 is 38.7. The highest BCUT2D eigenvalue weighted by Gasteiger charge is 2.58. The fourth-order valence-electron chi connectivity index (χ4n) is 7.36. The van der Waals surface area contributed by atoms with Gasteiger partial charge in [0.2, 0.25) is 15.8 Å². The molecule has 0 radical (unpaired) electrons. The molecule has 230 valence electrons. The average molecular weight is 600 g/mol. The average Bonchev–Trinajstić information content (AvgIpc) is 3.69. The van der Waals surface area contributed by atoms with E-state index >= 15 is 0 Å². The highest BCUT2D eigenvalue weighted by atomic mass is 32.2. The normalized spacial score (nSPS) is 30.7. The van der Waals surface area contributed by atoms with Crippen LogP contribution in [0.5, 0.6) is 0 Å². The molecule has 1 aromatic carbocycles. The van der Waals surface area contributed by atoms with Crippen molar-refractivity contribution in [2.24, 2.45) is 5.41 Å². The number of sulfonamides is 1. The van der Waals surface area contributed by atoms with Crippen molar-refractivity contribution in [3.8, 4) is 0 Å². The Kier molecular flexibility index (Phi) is 9.17. The number of rotatable bonds is 7. The van der Waals surface area contributed by atoms with Crippen molar-refractivity contribution in [2.75, 3.05) is 26.0 Å². The van der Waals surface area contributed by atoms with Crippen molar-refractivity contribution >= 4 is 15.8 Å². The number of hydrogen-bond donors (Lipinski definition) is 2. The molecule has 42 heavy (non-hydrogen) atoms. The Labute approximate surface area is 249 Å². The minimum absolute atomic E-state index is 0.0207. The molecule has 1 aromatic heterocycles. The molecule has 0 amide bonds. The van der Waals surface area contributed by atoms with E-state index < -0.39 is 27.1 Å². The number of hydrogen-bond acceptors (Lipinski definition) is 7. The lowest BCUT2D eigenvalue weighted by Crippen LogP contribution is -2.54. The van der Waals surface area contributed by atoms with Crippen LogP contribution < -0.4 is 0 Å². The van der Waals surface area contributed by atoms with Crippen LogP contribution in [0.2, 0.25) is 0 Å². The van der Waals surface area contributed by atoms with Gasteiger partial charge in [-0.25, -0.2) is 8.42 Å². The monoisotopic (exact) mass is 599 g/mol. The van der Waals surface area contributed by atoms with E-state index in [1.54, 1.807) is 12.1 Å². The van der Waals surface area contributed by atoms with Gasteiger partial charge in [0.25, 0.3) is 0 Å². The summed E-state index contributed by atoms with van der Waals surface area (Å²) in [5.41, 5.74) is 1.35. The SMILES string of the molecule is CC1=CCC[C@@]2(C)[C@@H](CC[C@@]2(O)CN(C[C@H]2CCCO2)S(C)(=O)=O)c2ccc(cc2C(=O)c2ccco2)C[C@@H](O)CC1. The quantitative estimate of drug-likeness (QED) is 0.340. The molecule has 6 rings (SSSR count). The third kappa shape index (κ3) is 6.45. The Morgan fingerprint density at radius 1 is 1.17 bits per heavy atom. The largest absolute Gasteiger partial charge is 0.461 e. The van der Waals surface area contributed by atoms with Crippen LogP contribution >= 0.6 is 0 Å². The first-order chi connectivity index (χ1) is 19.9. The van der Waals surface area contributed by atoms with E-state index in [-0.39, 0.29) is 36.7 Å². The van der Waals surface area contributed by atoms with Gasteiger partial charge in [-0.3, -0.25) is 4.79 Å². The van der Waals surface area contributed by atoms with Gasteiger partial charge in [-0.15, -0.1) is 0 Å². The first-order valence-electron chi connectivity index (χ1n) is 15.2. The molecule has 1 saturated carbocycles. The number of ketones is 1. The summed E-state index contributed by atoms with van der Waals surface area (Å²) in [4.78, 5) is 13.8. The summed E-state index contributed by atoms with van der Waals surface area (Å²) in [6, 6.07) is 9.16. The Hall–Kier alpha value is -2.30. The van der Waals surface area contributed by atoms with Crippen LogP contribution in [0, 0.1) is 5.41 Å². The van der Waals surface area contributed by atoms with Crippen molar-refractivity contribution in [1.82, 2.24) is 4.31 Å². The number of aliphatic hydroxyl groups excluding tert-OH is 1. The van der Waals surface area contributed by atoms with E-state index in [1.165, 1.54) is 22.4 Å². The van der Waals surface area contributed by atoms with Crippen LogP contribution in [0.4, 0.5) is 0 Å². The number of furan rings is 1. The molecule has 8 nitrogen and oxygen atoms in total. The van der Waals surface area contributed by atoms with Crippen LogP contribution in [-0.2, 0) is 21.2 Å². The van der Waals surface area contributed by atoms with Gasteiger partial charge >= 0.3 is 0 Å². The fraction of sp³-hybridized carbons (Fsp3) is 0.606. The Balaban J connectivity index is 1.58. The molecular weight excluding hydrogens is 554 g/mol. The number of carbonyl (C=O) groups is 1. The molecule has 1 saturated heterocycles. The molecule has 5 atom stereocenters. The van der Waals surface area contributed by atoms with E-state index in [9.17, 15) is 23.4 Å². The maximum absolute atomic E-state index is 13.8. The summed E-state index contributed by atoms with van der Waals surface area (Å²) in [7, 11) is -3.61. The predicted octanol–water partition coefficient (Wildman–Crippen LogP) is 4.99. The predicted molar refractivity (Wildman–Crippen MR) is 161 cm³/mol. The van der Waals surface area contributed by atoms with Crippen molar-refractivity contribution in [3.05, 3.63) is 70.7 Å². The molecule has 0 unspecified atom stereocenters. The molecular formula is C33H45NO7S. The minimum Gasteiger partial charge on any atom is -0.461 e. The maximum atomic E-state index is 13.8. The van der Waals surface area contributed by atoms with E-state index in [1.807, 2.05) is 18.2 Å². The van der Waals surface area contributed by atoms with Crippen LogP contribution in [-0.4, -0.2) is 72.5 Å². The molecule has 2 N–H and O–H groups in total.